The number of aromatic nitrogens is 1. The molecule has 0 aliphatic carbocycles. The number of phenols is 1. The molecule has 1 fully saturated rings. The van der Waals surface area contributed by atoms with Gasteiger partial charge in [-0.1, -0.05) is 18.2 Å². The van der Waals surface area contributed by atoms with Crippen LogP contribution in [0.5, 0.6) is 17.4 Å². The van der Waals surface area contributed by atoms with Crippen LogP contribution >= 0.6 is 0 Å². The molecule has 0 radical (unpaired) electrons. The van der Waals surface area contributed by atoms with Crippen LogP contribution in [0.4, 0.5) is 5.69 Å². The molecule has 2 heterocycles. The van der Waals surface area contributed by atoms with Crippen LogP contribution < -0.4 is 14.4 Å². The van der Waals surface area contributed by atoms with Crippen molar-refractivity contribution in [2.24, 2.45) is 0 Å². The minimum atomic E-state index is 0.316. The van der Waals surface area contributed by atoms with E-state index in [1.807, 2.05) is 49.4 Å². The maximum absolute atomic E-state index is 10.4. The van der Waals surface area contributed by atoms with Gasteiger partial charge >= 0.3 is 0 Å². The van der Waals surface area contributed by atoms with Crippen LogP contribution in [0.1, 0.15) is 12.5 Å². The first-order valence-corrected chi connectivity index (χ1v) is 10.7. The van der Waals surface area contributed by atoms with Crippen LogP contribution in [0, 0.1) is 0 Å². The zero-order chi connectivity index (χ0) is 21.6. The molecule has 1 aliphatic rings. The summed E-state index contributed by atoms with van der Waals surface area (Å²) in [6, 6.07) is 19.6. The highest BCUT2D eigenvalue weighted by Crippen LogP contribution is 2.30. The smallest absolute Gasteiger partial charge is 0.213 e. The summed E-state index contributed by atoms with van der Waals surface area (Å²) in [6.07, 6.45) is 0. The van der Waals surface area contributed by atoms with E-state index in [1.54, 1.807) is 13.2 Å². The van der Waals surface area contributed by atoms with E-state index in [0.717, 1.165) is 54.4 Å². The third kappa shape index (κ3) is 4.91. The lowest BCUT2D eigenvalue weighted by atomic mass is 10.1. The normalized spacial score (nSPS) is 14.5. The number of benzene rings is 2. The van der Waals surface area contributed by atoms with Gasteiger partial charge in [-0.25, -0.2) is 4.98 Å². The van der Waals surface area contributed by atoms with Gasteiger partial charge in [-0.2, -0.15) is 0 Å². The second-order valence-corrected chi connectivity index (χ2v) is 7.57. The molecule has 1 aromatic heterocycles. The van der Waals surface area contributed by atoms with Crippen molar-refractivity contribution in [3.63, 3.8) is 0 Å². The van der Waals surface area contributed by atoms with E-state index in [9.17, 15) is 5.11 Å². The Kier molecular flexibility index (Phi) is 6.57. The zero-order valence-corrected chi connectivity index (χ0v) is 18.1. The summed E-state index contributed by atoms with van der Waals surface area (Å²) >= 11 is 0. The monoisotopic (exact) mass is 419 g/mol. The first-order valence-electron chi connectivity index (χ1n) is 10.7. The Labute approximate surface area is 183 Å². The molecule has 1 N–H and O–H groups in total. The second-order valence-electron chi connectivity index (χ2n) is 7.57. The lowest BCUT2D eigenvalue weighted by Gasteiger charge is -2.36. The van der Waals surface area contributed by atoms with E-state index in [-0.39, 0.29) is 0 Å². The van der Waals surface area contributed by atoms with E-state index in [1.165, 1.54) is 0 Å². The van der Waals surface area contributed by atoms with Crippen LogP contribution in [0.2, 0.25) is 0 Å². The number of nitrogens with zero attached hydrogens (tertiary/aromatic N) is 3. The van der Waals surface area contributed by atoms with Crippen molar-refractivity contribution >= 4 is 5.69 Å². The first-order chi connectivity index (χ1) is 15.2. The summed E-state index contributed by atoms with van der Waals surface area (Å²) in [5.74, 6) is 1.83. The van der Waals surface area contributed by atoms with Crippen molar-refractivity contribution in [2.75, 3.05) is 44.8 Å². The summed E-state index contributed by atoms with van der Waals surface area (Å²) in [4.78, 5) is 9.26. The lowest BCUT2D eigenvalue weighted by molar-refractivity contribution is 0.245. The Morgan fingerprint density at radius 1 is 0.968 bits per heavy atom. The average Bonchev–Trinajstić information content (AvgIpc) is 2.82. The Morgan fingerprint density at radius 2 is 1.77 bits per heavy atom. The fraction of sp³-hybridized carbons (Fsp3) is 0.320. The third-order valence-corrected chi connectivity index (χ3v) is 5.58. The van der Waals surface area contributed by atoms with Crippen molar-refractivity contribution in [3.05, 3.63) is 66.2 Å². The van der Waals surface area contributed by atoms with Crippen molar-refractivity contribution < 1.29 is 14.6 Å². The van der Waals surface area contributed by atoms with Gasteiger partial charge in [-0.3, -0.25) is 4.90 Å². The fourth-order valence-corrected chi connectivity index (χ4v) is 3.94. The van der Waals surface area contributed by atoms with Crippen molar-refractivity contribution in [1.82, 2.24) is 9.88 Å². The van der Waals surface area contributed by atoms with Crippen LogP contribution in [-0.2, 0) is 6.54 Å². The Morgan fingerprint density at radius 3 is 2.55 bits per heavy atom. The highest BCUT2D eigenvalue weighted by molar-refractivity contribution is 5.62. The molecule has 0 atom stereocenters. The minimum Gasteiger partial charge on any atom is -0.508 e. The average molecular weight is 420 g/mol. The molecule has 31 heavy (non-hydrogen) atoms. The number of anilines is 1. The zero-order valence-electron chi connectivity index (χ0n) is 18.1. The molecule has 6 nitrogen and oxygen atoms in total. The highest BCUT2D eigenvalue weighted by atomic mass is 16.5. The predicted molar refractivity (Wildman–Crippen MR) is 123 cm³/mol. The van der Waals surface area contributed by atoms with Gasteiger partial charge in [0.05, 0.1) is 25.1 Å². The standard InChI is InChI=1S/C25H29N3O3/c1-3-31-24-9-5-4-8-22(24)28-15-13-27(14-16-28)18-20-17-19(11-12-23(20)29)21-7-6-10-25(26-21)30-2/h4-12,17,29H,3,13-16,18H2,1-2H3. The van der Waals surface area contributed by atoms with Gasteiger partial charge in [0.15, 0.2) is 0 Å². The van der Waals surface area contributed by atoms with Gasteiger partial charge in [0, 0.05) is 49.9 Å². The van der Waals surface area contributed by atoms with Crippen LogP contribution in [0.3, 0.4) is 0 Å². The molecule has 0 spiro atoms. The summed E-state index contributed by atoms with van der Waals surface area (Å²) in [5, 5.41) is 10.4. The largest absolute Gasteiger partial charge is 0.508 e. The molecule has 6 heteroatoms. The number of para-hydroxylation sites is 2. The van der Waals surface area contributed by atoms with Crippen molar-refractivity contribution in [2.45, 2.75) is 13.5 Å². The summed E-state index contributed by atoms with van der Waals surface area (Å²) in [6.45, 7) is 7.04. The Bertz CT molecular complexity index is 1020. The number of ether oxygens (including phenoxy) is 2. The predicted octanol–water partition coefficient (Wildman–Crippen LogP) is 4.18. The molecule has 1 aliphatic heterocycles. The van der Waals surface area contributed by atoms with Crippen LogP contribution in [0.15, 0.2) is 60.7 Å². The topological polar surface area (TPSA) is 58.1 Å². The minimum absolute atomic E-state index is 0.316. The number of hydrogen-bond acceptors (Lipinski definition) is 6. The van der Waals surface area contributed by atoms with E-state index < -0.39 is 0 Å². The fourth-order valence-electron chi connectivity index (χ4n) is 3.94. The molecule has 162 valence electrons. The molecule has 0 amide bonds. The SMILES string of the molecule is CCOc1ccccc1N1CCN(Cc2cc(-c3cccc(OC)n3)ccc2O)CC1. The lowest BCUT2D eigenvalue weighted by Crippen LogP contribution is -2.46. The van der Waals surface area contributed by atoms with Gasteiger partial charge in [0.1, 0.15) is 11.5 Å². The van der Waals surface area contributed by atoms with E-state index in [4.69, 9.17) is 9.47 Å². The molecule has 0 saturated carbocycles. The molecule has 3 aromatic rings. The first kappa shape index (κ1) is 21.0. The quantitative estimate of drug-likeness (QED) is 0.620. The van der Waals surface area contributed by atoms with Crippen molar-refractivity contribution in [1.29, 1.82) is 0 Å². The van der Waals surface area contributed by atoms with E-state index in [2.05, 4.69) is 26.9 Å². The maximum atomic E-state index is 10.4. The van der Waals surface area contributed by atoms with Crippen LogP contribution in [-0.4, -0.2) is 54.9 Å². The van der Waals surface area contributed by atoms with E-state index >= 15 is 0 Å². The molecule has 2 aromatic carbocycles. The number of rotatable bonds is 7. The molecule has 0 bridgehead atoms. The summed E-state index contributed by atoms with van der Waals surface area (Å²) in [7, 11) is 1.61. The van der Waals surface area contributed by atoms with Gasteiger partial charge in [-0.05, 0) is 43.3 Å². The summed E-state index contributed by atoms with van der Waals surface area (Å²) < 4.78 is 11.0. The Hall–Kier alpha value is -3.25. The van der Waals surface area contributed by atoms with Crippen molar-refractivity contribution in [3.8, 4) is 28.6 Å². The van der Waals surface area contributed by atoms with E-state index in [0.29, 0.717) is 24.8 Å². The number of aromatic hydroxyl groups is 1. The number of phenolic OH excluding ortho intramolecular Hbond substituents is 1. The van der Waals surface area contributed by atoms with Crippen LogP contribution in [0.25, 0.3) is 11.3 Å². The highest BCUT2D eigenvalue weighted by Gasteiger charge is 2.20. The second kappa shape index (κ2) is 9.71. The molecule has 1 saturated heterocycles. The Balaban J connectivity index is 1.44. The number of piperazine rings is 1. The number of hydrogen-bond donors (Lipinski definition) is 1. The van der Waals surface area contributed by atoms with Gasteiger partial charge < -0.3 is 19.5 Å². The molecule has 0 unspecified atom stereocenters. The number of pyridine rings is 1. The molecular formula is C25H29N3O3. The van der Waals surface area contributed by atoms with Gasteiger partial charge in [0.25, 0.3) is 0 Å². The van der Waals surface area contributed by atoms with Gasteiger partial charge in [0.2, 0.25) is 5.88 Å². The third-order valence-electron chi connectivity index (χ3n) is 5.58. The molecular weight excluding hydrogens is 390 g/mol. The summed E-state index contributed by atoms with van der Waals surface area (Å²) in [5.41, 5.74) is 3.86. The number of methoxy groups -OCH3 is 1. The molecule has 4 rings (SSSR count). The maximum Gasteiger partial charge on any atom is 0.213 e. The van der Waals surface area contributed by atoms with Gasteiger partial charge in [-0.15, -0.1) is 0 Å².